The van der Waals surface area contributed by atoms with Crippen LogP contribution in [-0.4, -0.2) is 47.5 Å². The van der Waals surface area contributed by atoms with Gasteiger partial charge in [0, 0.05) is 12.2 Å². The number of carbonyl (C=O) groups excluding carboxylic acids is 3. The Balaban J connectivity index is 1.52. The van der Waals surface area contributed by atoms with Crippen LogP contribution in [0.5, 0.6) is 0 Å². The molecule has 1 heterocycles. The third-order valence-electron chi connectivity index (χ3n) is 5.86. The van der Waals surface area contributed by atoms with Gasteiger partial charge in [0.25, 0.3) is 5.91 Å². The zero-order chi connectivity index (χ0) is 25.7. The van der Waals surface area contributed by atoms with Gasteiger partial charge in [0.1, 0.15) is 11.9 Å². The molecule has 1 unspecified atom stereocenters. The standard InChI is InChI=1S/C27H24FN3O4S/c1-35-26(34)19-7-11-21(12-8-19)29-24(32)17-23-25(33)31(22-13-9-20(28)10-14-22)27(36)30(23)16-15-18-5-3-2-4-6-18/h2-14,23H,15-17H2,1H3,(H,29,32). The number of esters is 1. The number of carbonyl (C=O) groups is 3. The molecule has 1 aliphatic heterocycles. The molecular formula is C27H24FN3O4S. The Morgan fingerprint density at radius 2 is 1.67 bits per heavy atom. The van der Waals surface area contributed by atoms with Crippen molar-refractivity contribution in [1.82, 2.24) is 4.90 Å². The molecule has 0 aliphatic carbocycles. The maximum Gasteiger partial charge on any atom is 0.337 e. The average Bonchev–Trinajstić information content (AvgIpc) is 3.12. The highest BCUT2D eigenvalue weighted by Gasteiger charge is 2.43. The van der Waals surface area contributed by atoms with Crippen LogP contribution >= 0.6 is 12.2 Å². The fraction of sp³-hybridized carbons (Fsp3) is 0.185. The number of hydrogen-bond acceptors (Lipinski definition) is 5. The Kier molecular flexibility index (Phi) is 7.70. The minimum atomic E-state index is -0.819. The number of amides is 2. The highest BCUT2D eigenvalue weighted by molar-refractivity contribution is 7.80. The lowest BCUT2D eigenvalue weighted by atomic mass is 10.1. The fourth-order valence-corrected chi connectivity index (χ4v) is 4.42. The van der Waals surface area contributed by atoms with Crippen LogP contribution in [0.1, 0.15) is 22.3 Å². The van der Waals surface area contributed by atoms with Crippen molar-refractivity contribution in [3.8, 4) is 0 Å². The molecule has 0 spiro atoms. The molecule has 36 heavy (non-hydrogen) atoms. The number of benzene rings is 3. The second-order valence-corrected chi connectivity index (χ2v) is 8.56. The van der Waals surface area contributed by atoms with Gasteiger partial charge in [0.15, 0.2) is 5.11 Å². The minimum Gasteiger partial charge on any atom is -0.465 e. The summed E-state index contributed by atoms with van der Waals surface area (Å²) in [7, 11) is 1.29. The lowest BCUT2D eigenvalue weighted by Crippen LogP contribution is -2.39. The number of hydrogen-bond donors (Lipinski definition) is 1. The molecule has 1 N–H and O–H groups in total. The van der Waals surface area contributed by atoms with Crippen molar-refractivity contribution < 1.29 is 23.5 Å². The van der Waals surface area contributed by atoms with Gasteiger partial charge in [-0.05, 0) is 72.7 Å². The van der Waals surface area contributed by atoms with Crippen LogP contribution in [0.4, 0.5) is 15.8 Å². The van der Waals surface area contributed by atoms with Crippen LogP contribution in [0.25, 0.3) is 0 Å². The second kappa shape index (κ2) is 11.1. The SMILES string of the molecule is COC(=O)c1ccc(NC(=O)CC2C(=O)N(c3ccc(F)cc3)C(=S)N2CCc2ccccc2)cc1. The number of halogens is 1. The molecule has 0 radical (unpaired) electrons. The Labute approximate surface area is 213 Å². The topological polar surface area (TPSA) is 78.9 Å². The van der Waals surface area contributed by atoms with E-state index in [-0.39, 0.29) is 23.3 Å². The summed E-state index contributed by atoms with van der Waals surface area (Å²) in [5, 5.41) is 3.03. The highest BCUT2D eigenvalue weighted by Crippen LogP contribution is 2.28. The van der Waals surface area contributed by atoms with Gasteiger partial charge in [-0.1, -0.05) is 30.3 Å². The summed E-state index contributed by atoms with van der Waals surface area (Å²) in [6.45, 7) is 0.429. The molecule has 0 bridgehead atoms. The first-order chi connectivity index (χ1) is 17.4. The summed E-state index contributed by atoms with van der Waals surface area (Å²) in [6, 6.07) is 20.7. The van der Waals surface area contributed by atoms with E-state index in [1.165, 1.54) is 36.3 Å². The van der Waals surface area contributed by atoms with Gasteiger partial charge >= 0.3 is 5.97 Å². The van der Waals surface area contributed by atoms with E-state index >= 15 is 0 Å². The van der Waals surface area contributed by atoms with E-state index in [1.807, 2.05) is 30.3 Å². The van der Waals surface area contributed by atoms with Crippen LogP contribution in [0.15, 0.2) is 78.9 Å². The number of rotatable bonds is 8. The van der Waals surface area contributed by atoms with Crippen molar-refractivity contribution in [2.75, 3.05) is 23.9 Å². The molecule has 9 heteroatoms. The van der Waals surface area contributed by atoms with Gasteiger partial charge in [-0.15, -0.1) is 0 Å². The molecule has 1 aliphatic rings. The molecule has 1 atom stereocenters. The minimum absolute atomic E-state index is 0.135. The number of nitrogens with zero attached hydrogens (tertiary/aromatic N) is 2. The fourth-order valence-electron chi connectivity index (χ4n) is 4.00. The van der Waals surface area contributed by atoms with Crippen molar-refractivity contribution in [3.05, 3.63) is 95.8 Å². The van der Waals surface area contributed by atoms with Gasteiger partial charge in [-0.2, -0.15) is 0 Å². The summed E-state index contributed by atoms with van der Waals surface area (Å²) < 4.78 is 18.2. The summed E-state index contributed by atoms with van der Waals surface area (Å²) in [5.74, 6) is -1.64. The molecule has 4 rings (SSSR count). The summed E-state index contributed by atoms with van der Waals surface area (Å²) in [5.41, 5.74) is 2.35. The number of methoxy groups -OCH3 is 1. The first kappa shape index (κ1) is 25.0. The van der Waals surface area contributed by atoms with Crippen LogP contribution in [0.3, 0.4) is 0 Å². The highest BCUT2D eigenvalue weighted by atomic mass is 32.1. The maximum absolute atomic E-state index is 13.5. The van der Waals surface area contributed by atoms with E-state index in [1.54, 1.807) is 29.2 Å². The smallest absolute Gasteiger partial charge is 0.337 e. The second-order valence-electron chi connectivity index (χ2n) is 8.20. The number of nitrogens with one attached hydrogen (secondary N) is 1. The van der Waals surface area contributed by atoms with E-state index in [2.05, 4.69) is 10.1 Å². The third kappa shape index (κ3) is 5.58. The van der Waals surface area contributed by atoms with Crippen LogP contribution in [-0.2, 0) is 20.7 Å². The molecular weight excluding hydrogens is 481 g/mol. The Hall–Kier alpha value is -4.11. The van der Waals surface area contributed by atoms with Crippen molar-refractivity contribution in [2.45, 2.75) is 18.9 Å². The molecule has 1 fully saturated rings. The van der Waals surface area contributed by atoms with E-state index in [0.717, 1.165) is 5.56 Å². The number of ether oxygens (including phenoxy) is 1. The van der Waals surface area contributed by atoms with Gasteiger partial charge in [-0.25, -0.2) is 9.18 Å². The third-order valence-corrected chi connectivity index (χ3v) is 6.27. The van der Waals surface area contributed by atoms with Crippen LogP contribution < -0.4 is 10.2 Å². The van der Waals surface area contributed by atoms with Gasteiger partial charge in [-0.3, -0.25) is 14.5 Å². The molecule has 1 saturated heterocycles. The first-order valence-electron chi connectivity index (χ1n) is 11.3. The van der Waals surface area contributed by atoms with Crippen molar-refractivity contribution >= 4 is 46.5 Å². The molecule has 7 nitrogen and oxygen atoms in total. The van der Waals surface area contributed by atoms with Crippen LogP contribution in [0, 0.1) is 5.82 Å². The molecule has 0 saturated carbocycles. The zero-order valence-electron chi connectivity index (χ0n) is 19.5. The van der Waals surface area contributed by atoms with Gasteiger partial charge in [0.2, 0.25) is 5.91 Å². The molecule has 3 aromatic rings. The van der Waals surface area contributed by atoms with Crippen molar-refractivity contribution in [2.24, 2.45) is 0 Å². The monoisotopic (exact) mass is 505 g/mol. The molecule has 3 aromatic carbocycles. The van der Waals surface area contributed by atoms with Crippen molar-refractivity contribution in [1.29, 1.82) is 0 Å². The van der Waals surface area contributed by atoms with Gasteiger partial charge < -0.3 is 15.0 Å². The quantitative estimate of drug-likeness (QED) is 0.366. The Morgan fingerprint density at radius 1 is 1.00 bits per heavy atom. The maximum atomic E-state index is 13.5. The van der Waals surface area contributed by atoms with Crippen molar-refractivity contribution in [3.63, 3.8) is 0 Å². The average molecular weight is 506 g/mol. The number of thiocarbonyl (C=S) groups is 1. The molecule has 2 amide bonds. The first-order valence-corrected chi connectivity index (χ1v) is 11.7. The number of anilines is 2. The van der Waals surface area contributed by atoms with E-state index in [4.69, 9.17) is 12.2 Å². The van der Waals surface area contributed by atoms with E-state index < -0.39 is 17.8 Å². The predicted molar refractivity (Wildman–Crippen MR) is 138 cm³/mol. The molecule has 0 aromatic heterocycles. The van der Waals surface area contributed by atoms with Gasteiger partial charge in [0.05, 0.1) is 24.8 Å². The largest absolute Gasteiger partial charge is 0.465 e. The van der Waals surface area contributed by atoms with E-state index in [9.17, 15) is 18.8 Å². The Bertz CT molecular complexity index is 1270. The normalized spacial score (nSPS) is 15.2. The summed E-state index contributed by atoms with van der Waals surface area (Å²) in [6.07, 6.45) is 0.489. The summed E-state index contributed by atoms with van der Waals surface area (Å²) in [4.78, 5) is 41.1. The molecule has 184 valence electrons. The Morgan fingerprint density at radius 3 is 2.31 bits per heavy atom. The van der Waals surface area contributed by atoms with E-state index in [0.29, 0.717) is 29.9 Å². The van der Waals surface area contributed by atoms with Crippen LogP contribution in [0.2, 0.25) is 0 Å². The predicted octanol–water partition coefficient (Wildman–Crippen LogP) is 4.19. The lowest BCUT2D eigenvalue weighted by Gasteiger charge is -2.24. The zero-order valence-corrected chi connectivity index (χ0v) is 20.3. The lowest BCUT2D eigenvalue weighted by molar-refractivity contribution is -0.124. The summed E-state index contributed by atoms with van der Waals surface area (Å²) >= 11 is 5.64.